The van der Waals surface area contributed by atoms with E-state index in [4.69, 9.17) is 4.74 Å². The Morgan fingerprint density at radius 1 is 1.43 bits per heavy atom. The average Bonchev–Trinajstić information content (AvgIpc) is 2.82. The maximum Gasteiger partial charge on any atom is 0.341 e. The van der Waals surface area contributed by atoms with Gasteiger partial charge in [0.1, 0.15) is 5.00 Å². The first-order chi connectivity index (χ1) is 10.8. The zero-order valence-electron chi connectivity index (χ0n) is 13.2. The third-order valence-electron chi connectivity index (χ3n) is 3.54. The molecule has 1 amide bonds. The van der Waals surface area contributed by atoms with Crippen molar-refractivity contribution >= 4 is 49.8 Å². The van der Waals surface area contributed by atoms with E-state index in [1.54, 1.807) is 13.8 Å². The molecule has 0 fully saturated rings. The lowest BCUT2D eigenvalue weighted by molar-refractivity contribution is -0.115. The summed E-state index contributed by atoms with van der Waals surface area (Å²) >= 11 is 2.55. The van der Waals surface area contributed by atoms with Gasteiger partial charge in [-0.15, -0.1) is 11.3 Å². The second kappa shape index (κ2) is 7.23. The summed E-state index contributed by atoms with van der Waals surface area (Å²) < 4.78 is 28.7. The molecule has 0 radical (unpaired) electrons. The topological polar surface area (TPSA) is 89.5 Å². The van der Waals surface area contributed by atoms with E-state index in [1.165, 1.54) is 11.8 Å². The number of hydrogen-bond donors (Lipinski definition) is 1. The number of ether oxygens (including phenoxy) is 1. The van der Waals surface area contributed by atoms with Crippen LogP contribution < -0.4 is 5.32 Å². The fourth-order valence-corrected chi connectivity index (χ4v) is 5.56. The Hall–Kier alpha value is -1.06. The lowest BCUT2D eigenvalue weighted by Crippen LogP contribution is -2.23. The molecule has 0 spiro atoms. The number of hydrogen-bond acceptors (Lipinski definition) is 7. The number of thioether (sulfide) groups is 1. The Kier molecular flexibility index (Phi) is 5.74. The van der Waals surface area contributed by atoms with Gasteiger partial charge in [0.25, 0.3) is 0 Å². The SMILES string of the molecule is CCOC(=O)c1c(NC(=O)C(C)SC)sc2c1CCS(=O)(=O)C2. The number of thiophene rings is 1. The standard InChI is InChI=1S/C14H19NO5S3/c1-4-20-14(17)11-9-5-6-23(18,19)7-10(9)22-13(11)15-12(16)8(2)21-3/h8H,4-7H2,1-3H3,(H,15,16). The Morgan fingerprint density at radius 2 is 2.13 bits per heavy atom. The zero-order chi connectivity index (χ0) is 17.2. The lowest BCUT2D eigenvalue weighted by Gasteiger charge is -2.13. The van der Waals surface area contributed by atoms with Crippen LogP contribution in [0.1, 0.15) is 34.6 Å². The number of carbonyl (C=O) groups is 2. The van der Waals surface area contributed by atoms with Crippen molar-refractivity contribution in [3.05, 3.63) is 16.0 Å². The van der Waals surface area contributed by atoms with Crippen LogP contribution in [0, 0.1) is 0 Å². The van der Waals surface area contributed by atoms with E-state index in [0.29, 0.717) is 21.0 Å². The van der Waals surface area contributed by atoms with Gasteiger partial charge in [0.15, 0.2) is 9.84 Å². The van der Waals surface area contributed by atoms with Gasteiger partial charge >= 0.3 is 5.97 Å². The van der Waals surface area contributed by atoms with Crippen LogP contribution in [-0.2, 0) is 31.5 Å². The molecule has 1 aliphatic rings. The van der Waals surface area contributed by atoms with Crippen LogP contribution >= 0.6 is 23.1 Å². The van der Waals surface area contributed by atoms with Crippen LogP contribution in [0.25, 0.3) is 0 Å². The molecule has 1 aromatic heterocycles. The molecule has 1 unspecified atom stereocenters. The van der Waals surface area contributed by atoms with Crippen LogP contribution in [0.4, 0.5) is 5.00 Å². The highest BCUT2D eigenvalue weighted by molar-refractivity contribution is 7.99. The summed E-state index contributed by atoms with van der Waals surface area (Å²) in [5, 5.41) is 2.86. The highest BCUT2D eigenvalue weighted by Crippen LogP contribution is 2.38. The van der Waals surface area contributed by atoms with Crippen molar-refractivity contribution in [2.75, 3.05) is 23.9 Å². The number of rotatable bonds is 5. The van der Waals surface area contributed by atoms with Crippen molar-refractivity contribution in [3.63, 3.8) is 0 Å². The summed E-state index contributed by atoms with van der Waals surface area (Å²) in [6, 6.07) is 0. The van der Waals surface area contributed by atoms with Crippen molar-refractivity contribution in [2.24, 2.45) is 0 Å². The van der Waals surface area contributed by atoms with Gasteiger partial charge in [-0.1, -0.05) is 0 Å². The molecule has 0 saturated carbocycles. The predicted molar refractivity (Wildman–Crippen MR) is 93.1 cm³/mol. The van der Waals surface area contributed by atoms with Gasteiger partial charge in [0, 0.05) is 4.88 Å². The summed E-state index contributed by atoms with van der Waals surface area (Å²) in [5.74, 6) is -0.814. The number of fused-ring (bicyclic) bond motifs is 1. The van der Waals surface area contributed by atoms with Crippen LogP contribution in [0.15, 0.2) is 0 Å². The number of anilines is 1. The Balaban J connectivity index is 2.42. The van der Waals surface area contributed by atoms with Gasteiger partial charge in [-0.25, -0.2) is 13.2 Å². The minimum atomic E-state index is -3.15. The first kappa shape index (κ1) is 18.3. The second-order valence-corrected chi connectivity index (χ2v) is 9.61. The Morgan fingerprint density at radius 3 is 2.74 bits per heavy atom. The molecule has 2 heterocycles. The molecule has 0 aliphatic carbocycles. The molecule has 1 N–H and O–H groups in total. The van der Waals surface area contributed by atoms with E-state index in [9.17, 15) is 18.0 Å². The van der Waals surface area contributed by atoms with Crippen molar-refractivity contribution in [1.82, 2.24) is 0 Å². The summed E-state index contributed by atoms with van der Waals surface area (Å²) in [4.78, 5) is 25.0. The molecule has 1 aromatic rings. The molecular formula is C14H19NO5S3. The first-order valence-corrected chi connectivity index (χ1v) is 11.1. The molecule has 128 valence electrons. The Bertz CT molecular complexity index is 723. The molecule has 2 rings (SSSR count). The van der Waals surface area contributed by atoms with Crippen LogP contribution in [-0.4, -0.2) is 44.2 Å². The largest absolute Gasteiger partial charge is 0.462 e. The molecule has 1 atom stereocenters. The average molecular weight is 378 g/mol. The van der Waals surface area contributed by atoms with Crippen molar-refractivity contribution in [1.29, 1.82) is 0 Å². The zero-order valence-corrected chi connectivity index (χ0v) is 15.6. The highest BCUT2D eigenvalue weighted by atomic mass is 32.2. The van der Waals surface area contributed by atoms with Crippen LogP contribution in [0.3, 0.4) is 0 Å². The Labute approximate surface area is 143 Å². The van der Waals surface area contributed by atoms with Gasteiger partial charge in [-0.2, -0.15) is 11.8 Å². The third kappa shape index (κ3) is 4.07. The molecule has 0 aromatic carbocycles. The normalized spacial score (nSPS) is 17.2. The summed E-state index contributed by atoms with van der Waals surface area (Å²) in [5.41, 5.74) is 0.999. The van der Waals surface area contributed by atoms with Crippen molar-refractivity contribution in [2.45, 2.75) is 31.3 Å². The van der Waals surface area contributed by atoms with Gasteiger partial charge in [0.05, 0.1) is 28.9 Å². The van der Waals surface area contributed by atoms with Gasteiger partial charge in [0.2, 0.25) is 5.91 Å². The van der Waals surface area contributed by atoms with E-state index >= 15 is 0 Å². The van der Waals surface area contributed by atoms with E-state index in [1.807, 2.05) is 6.26 Å². The smallest absolute Gasteiger partial charge is 0.341 e. The molecule has 23 heavy (non-hydrogen) atoms. The number of sulfone groups is 1. The fraction of sp³-hybridized carbons (Fsp3) is 0.571. The highest BCUT2D eigenvalue weighted by Gasteiger charge is 2.32. The maximum atomic E-state index is 12.3. The number of nitrogens with one attached hydrogen (secondary N) is 1. The number of amides is 1. The molecular weight excluding hydrogens is 358 g/mol. The fourth-order valence-electron chi connectivity index (χ4n) is 2.25. The summed E-state index contributed by atoms with van der Waals surface area (Å²) in [6.07, 6.45) is 2.10. The van der Waals surface area contributed by atoms with E-state index in [-0.39, 0.29) is 35.7 Å². The number of carbonyl (C=O) groups excluding carboxylic acids is 2. The van der Waals surface area contributed by atoms with Crippen LogP contribution in [0.2, 0.25) is 0 Å². The molecule has 0 saturated heterocycles. The lowest BCUT2D eigenvalue weighted by atomic mass is 10.1. The predicted octanol–water partition coefficient (Wildman–Crippen LogP) is 2.09. The molecule has 1 aliphatic heterocycles. The van der Waals surface area contributed by atoms with Crippen molar-refractivity contribution < 1.29 is 22.7 Å². The van der Waals surface area contributed by atoms with E-state index in [0.717, 1.165) is 11.3 Å². The molecule has 0 bridgehead atoms. The van der Waals surface area contributed by atoms with Gasteiger partial charge < -0.3 is 10.1 Å². The van der Waals surface area contributed by atoms with E-state index < -0.39 is 15.8 Å². The van der Waals surface area contributed by atoms with Crippen LogP contribution in [0.5, 0.6) is 0 Å². The number of esters is 1. The summed E-state index contributed by atoms with van der Waals surface area (Å²) in [7, 11) is -3.15. The van der Waals surface area contributed by atoms with Gasteiger partial charge in [-0.3, -0.25) is 4.79 Å². The first-order valence-electron chi connectivity index (χ1n) is 7.14. The summed E-state index contributed by atoms with van der Waals surface area (Å²) in [6.45, 7) is 3.69. The minimum Gasteiger partial charge on any atom is -0.462 e. The maximum absolute atomic E-state index is 12.3. The van der Waals surface area contributed by atoms with Gasteiger partial charge in [-0.05, 0) is 32.1 Å². The molecule has 9 heteroatoms. The molecule has 6 nitrogen and oxygen atoms in total. The minimum absolute atomic E-state index is 0.0116. The quantitative estimate of drug-likeness (QED) is 0.790. The third-order valence-corrected chi connectivity index (χ3v) is 7.35. The van der Waals surface area contributed by atoms with E-state index in [2.05, 4.69) is 5.32 Å². The monoisotopic (exact) mass is 377 g/mol. The van der Waals surface area contributed by atoms with Crippen molar-refractivity contribution in [3.8, 4) is 0 Å². The second-order valence-electron chi connectivity index (χ2n) is 5.14.